The second-order valence-electron chi connectivity index (χ2n) is 12.8. The minimum absolute atomic E-state index is 0.00200. The third-order valence-electron chi connectivity index (χ3n) is 9.00. The molecule has 3 rings (SSSR count). The molecule has 1 saturated heterocycles. The lowest BCUT2D eigenvalue weighted by Gasteiger charge is -2.40. The Kier molecular flexibility index (Phi) is 13.5. The number of amides is 1. The van der Waals surface area contributed by atoms with Crippen LogP contribution in [0.2, 0.25) is 0 Å². The minimum Gasteiger partial charge on any atom is -0.457 e. The van der Waals surface area contributed by atoms with Gasteiger partial charge in [0.25, 0.3) is 0 Å². The fourth-order valence-corrected chi connectivity index (χ4v) is 6.08. The van der Waals surface area contributed by atoms with Crippen LogP contribution in [0.15, 0.2) is 36.0 Å². The summed E-state index contributed by atoms with van der Waals surface area (Å²) in [6.45, 7) is 10.1. The number of carbonyl (C=O) groups excluding carboxylic acids is 2. The fourth-order valence-electron chi connectivity index (χ4n) is 6.08. The van der Waals surface area contributed by atoms with Crippen molar-refractivity contribution in [2.45, 2.75) is 115 Å². The third-order valence-corrected chi connectivity index (χ3v) is 9.00. The van der Waals surface area contributed by atoms with Gasteiger partial charge in [-0.05, 0) is 57.1 Å². The van der Waals surface area contributed by atoms with Crippen molar-refractivity contribution in [1.29, 1.82) is 0 Å². The number of allylic oxidation sites excluding steroid dienone is 2. The number of piperazine rings is 1. The third kappa shape index (κ3) is 10.5. The van der Waals surface area contributed by atoms with Gasteiger partial charge in [-0.15, -0.1) is 0 Å². The van der Waals surface area contributed by atoms with Crippen molar-refractivity contribution in [3.8, 4) is 0 Å². The van der Waals surface area contributed by atoms with E-state index in [1.54, 1.807) is 17.9 Å². The summed E-state index contributed by atoms with van der Waals surface area (Å²) in [4.78, 5) is 30.2. The van der Waals surface area contributed by atoms with Crippen LogP contribution in [-0.2, 0) is 14.3 Å². The molecule has 0 aromatic carbocycles. The Balaban J connectivity index is 1.73. The number of nitrogens with zero attached hydrogens (tertiary/aromatic N) is 2. The Morgan fingerprint density at radius 1 is 1.14 bits per heavy atom. The van der Waals surface area contributed by atoms with Gasteiger partial charge in [-0.1, -0.05) is 63.8 Å². The number of cyclic esters (lactones) is 1. The zero-order valence-electron chi connectivity index (χ0n) is 26.1. The standard InChI is InChI=1S/C33H54N2O7/c1-24(23-36)10-9-11-25(2)31-26(3)14-15-29(33(4,40)17-16-28(37)22-30(38)42-31)41-32(39)35-20-18-34(19-21-35)27-12-7-5-6-8-13-27/h9-11,14-15,24,26-29,31,36-37,40H,5-8,12-13,16-23H2,1-4H3/b10-9+,15-14+,25-11+/t24-,26+,28-,29+,31-,33-/m1/s1. The molecule has 2 heterocycles. The second-order valence-corrected chi connectivity index (χ2v) is 12.8. The Labute approximate surface area is 252 Å². The van der Waals surface area contributed by atoms with Gasteiger partial charge in [0, 0.05) is 44.7 Å². The van der Waals surface area contributed by atoms with Crippen molar-refractivity contribution < 1.29 is 34.4 Å². The first-order valence-corrected chi connectivity index (χ1v) is 15.9. The molecule has 3 aliphatic rings. The van der Waals surface area contributed by atoms with Gasteiger partial charge in [-0.25, -0.2) is 4.79 Å². The van der Waals surface area contributed by atoms with Gasteiger partial charge in [-0.3, -0.25) is 9.69 Å². The first-order chi connectivity index (χ1) is 20.0. The molecule has 238 valence electrons. The largest absolute Gasteiger partial charge is 0.457 e. The van der Waals surface area contributed by atoms with Gasteiger partial charge in [0.1, 0.15) is 11.7 Å². The van der Waals surface area contributed by atoms with Crippen molar-refractivity contribution >= 4 is 12.1 Å². The van der Waals surface area contributed by atoms with Crippen LogP contribution >= 0.6 is 0 Å². The van der Waals surface area contributed by atoms with Crippen molar-refractivity contribution in [2.24, 2.45) is 11.8 Å². The molecular weight excluding hydrogens is 536 g/mol. The van der Waals surface area contributed by atoms with E-state index < -0.39 is 36.0 Å². The smallest absolute Gasteiger partial charge is 0.410 e. The Hall–Kier alpha value is -2.20. The number of hydrogen-bond donors (Lipinski definition) is 3. The highest BCUT2D eigenvalue weighted by Gasteiger charge is 2.37. The quantitative estimate of drug-likeness (QED) is 0.181. The van der Waals surface area contributed by atoms with E-state index in [1.807, 2.05) is 45.1 Å². The predicted molar refractivity (Wildman–Crippen MR) is 163 cm³/mol. The lowest BCUT2D eigenvalue weighted by Crippen LogP contribution is -2.53. The van der Waals surface area contributed by atoms with Crippen molar-refractivity contribution in [3.63, 3.8) is 0 Å². The first-order valence-electron chi connectivity index (χ1n) is 15.9. The van der Waals surface area contributed by atoms with Gasteiger partial charge in [0.05, 0.1) is 12.5 Å². The SMILES string of the molecule is C/C(=C\C=C\[C@@H](C)CO)[C@H]1OC(=O)C[C@H](O)CC[C@@](C)(O)[C@@H](OC(=O)N2CCN(C3CCCCCC3)CC2)/C=C/[C@@H]1C. The molecule has 1 saturated carbocycles. The summed E-state index contributed by atoms with van der Waals surface area (Å²) in [5.74, 6) is -0.817. The van der Waals surface area contributed by atoms with E-state index in [4.69, 9.17) is 9.47 Å². The molecular formula is C33H54N2O7. The average Bonchev–Trinajstić information content (AvgIpc) is 3.26. The van der Waals surface area contributed by atoms with Crippen molar-refractivity contribution in [2.75, 3.05) is 32.8 Å². The number of ether oxygens (including phenoxy) is 2. The van der Waals surface area contributed by atoms with Crippen LogP contribution in [0.1, 0.15) is 85.5 Å². The van der Waals surface area contributed by atoms with Crippen molar-refractivity contribution in [1.82, 2.24) is 9.80 Å². The summed E-state index contributed by atoms with van der Waals surface area (Å²) < 4.78 is 11.7. The van der Waals surface area contributed by atoms with Crippen LogP contribution in [0, 0.1) is 11.8 Å². The highest BCUT2D eigenvalue weighted by Crippen LogP contribution is 2.28. The maximum absolute atomic E-state index is 13.3. The first kappa shape index (κ1) is 34.3. The summed E-state index contributed by atoms with van der Waals surface area (Å²) in [5.41, 5.74) is -0.651. The van der Waals surface area contributed by atoms with E-state index in [0.717, 1.165) is 18.7 Å². The molecule has 1 amide bonds. The van der Waals surface area contributed by atoms with Crippen LogP contribution in [-0.4, -0.2) is 99.9 Å². The molecule has 2 aliphatic heterocycles. The van der Waals surface area contributed by atoms with E-state index >= 15 is 0 Å². The minimum atomic E-state index is -1.44. The van der Waals surface area contributed by atoms with Crippen LogP contribution in [0.4, 0.5) is 4.79 Å². The zero-order valence-corrected chi connectivity index (χ0v) is 26.1. The highest BCUT2D eigenvalue weighted by atomic mass is 16.6. The molecule has 9 nitrogen and oxygen atoms in total. The molecule has 9 heteroatoms. The molecule has 6 atom stereocenters. The summed E-state index contributed by atoms with van der Waals surface area (Å²) in [6, 6.07) is 0.599. The summed E-state index contributed by atoms with van der Waals surface area (Å²) in [7, 11) is 0. The van der Waals surface area contributed by atoms with Crippen LogP contribution in [0.3, 0.4) is 0 Å². The average molecular weight is 591 g/mol. The van der Waals surface area contributed by atoms with E-state index in [2.05, 4.69) is 4.90 Å². The van der Waals surface area contributed by atoms with Crippen molar-refractivity contribution in [3.05, 3.63) is 36.0 Å². The second kappa shape index (κ2) is 16.6. The van der Waals surface area contributed by atoms with E-state index in [0.29, 0.717) is 19.1 Å². The number of aliphatic hydroxyl groups is 3. The molecule has 42 heavy (non-hydrogen) atoms. The topological polar surface area (TPSA) is 120 Å². The lowest BCUT2D eigenvalue weighted by atomic mass is 9.89. The fraction of sp³-hybridized carbons (Fsp3) is 0.758. The number of rotatable bonds is 6. The molecule has 1 aliphatic carbocycles. The zero-order chi connectivity index (χ0) is 30.7. The number of esters is 1. The number of aliphatic hydroxyl groups excluding tert-OH is 2. The highest BCUT2D eigenvalue weighted by molar-refractivity contribution is 5.70. The van der Waals surface area contributed by atoms with E-state index in [1.165, 1.54) is 38.5 Å². The molecule has 0 aromatic heterocycles. The molecule has 0 bridgehead atoms. The van der Waals surface area contributed by atoms with E-state index in [-0.39, 0.29) is 37.7 Å². The normalized spacial score (nSPS) is 33.3. The van der Waals surface area contributed by atoms with Gasteiger partial charge >= 0.3 is 12.1 Å². The monoisotopic (exact) mass is 590 g/mol. The van der Waals surface area contributed by atoms with Crippen LogP contribution in [0.25, 0.3) is 0 Å². The van der Waals surface area contributed by atoms with Gasteiger partial charge in [0.2, 0.25) is 0 Å². The van der Waals surface area contributed by atoms with Gasteiger partial charge in [0.15, 0.2) is 6.10 Å². The van der Waals surface area contributed by atoms with Crippen LogP contribution in [0.5, 0.6) is 0 Å². The molecule has 0 radical (unpaired) electrons. The molecule has 0 spiro atoms. The van der Waals surface area contributed by atoms with Gasteiger partial charge < -0.3 is 29.7 Å². The summed E-state index contributed by atoms with van der Waals surface area (Å²) in [6.07, 6.45) is 13.8. The van der Waals surface area contributed by atoms with Crippen LogP contribution < -0.4 is 0 Å². The molecule has 3 N–H and O–H groups in total. The summed E-state index contributed by atoms with van der Waals surface area (Å²) in [5, 5.41) is 31.2. The number of carbonyl (C=O) groups is 2. The molecule has 0 aromatic rings. The van der Waals surface area contributed by atoms with E-state index in [9.17, 15) is 24.9 Å². The Bertz CT molecular complexity index is 946. The maximum atomic E-state index is 13.3. The Morgan fingerprint density at radius 2 is 1.81 bits per heavy atom. The molecule has 0 unspecified atom stereocenters. The predicted octanol–water partition coefficient (Wildman–Crippen LogP) is 4.36. The Morgan fingerprint density at radius 3 is 2.45 bits per heavy atom. The number of hydrogen-bond acceptors (Lipinski definition) is 8. The maximum Gasteiger partial charge on any atom is 0.410 e. The lowest BCUT2D eigenvalue weighted by molar-refractivity contribution is -0.151. The van der Waals surface area contributed by atoms with Gasteiger partial charge in [-0.2, -0.15) is 0 Å². The molecule has 2 fully saturated rings. The summed E-state index contributed by atoms with van der Waals surface area (Å²) >= 11 is 0.